The number of nitrogen functional groups attached to an aromatic ring is 2. The molecule has 0 spiro atoms. The van der Waals surface area contributed by atoms with Crippen LogP contribution in [0.15, 0.2) is 23.8 Å². The van der Waals surface area contributed by atoms with E-state index in [1.54, 1.807) is 18.6 Å². The van der Waals surface area contributed by atoms with E-state index < -0.39 is 60.7 Å². The van der Waals surface area contributed by atoms with Crippen molar-refractivity contribution in [3.63, 3.8) is 0 Å². The summed E-state index contributed by atoms with van der Waals surface area (Å²) in [5, 5.41) is 0. The van der Waals surface area contributed by atoms with E-state index in [-0.39, 0.29) is 36.0 Å². The zero-order valence-corrected chi connectivity index (χ0v) is 24.5. The summed E-state index contributed by atoms with van der Waals surface area (Å²) in [6, 6.07) is 0. The normalized spacial score (nSPS) is 36.6. The van der Waals surface area contributed by atoms with Crippen LogP contribution in [0.5, 0.6) is 0 Å². The summed E-state index contributed by atoms with van der Waals surface area (Å²) in [4.78, 5) is 46.7. The van der Waals surface area contributed by atoms with Crippen LogP contribution < -0.4 is 17.0 Å². The number of rotatable bonds is 3. The molecule has 3 fully saturated rings. The fraction of sp³-hybridized carbons (Fsp3) is 0.565. The number of hydrogen-bond donors (Lipinski definition) is 4. The Labute approximate surface area is 246 Å². The van der Waals surface area contributed by atoms with E-state index in [0.717, 1.165) is 0 Å². The first-order chi connectivity index (χ1) is 20.5. The van der Waals surface area contributed by atoms with E-state index in [0.29, 0.717) is 17.6 Å². The molecule has 20 heteroatoms. The predicted molar refractivity (Wildman–Crippen MR) is 150 cm³/mol. The van der Waals surface area contributed by atoms with Crippen molar-refractivity contribution >= 4 is 52.6 Å². The molecule has 4 aromatic heterocycles. The van der Waals surface area contributed by atoms with E-state index in [4.69, 9.17) is 46.5 Å². The van der Waals surface area contributed by atoms with Gasteiger partial charge in [0, 0.05) is 13.0 Å². The third kappa shape index (κ3) is 4.62. The highest BCUT2D eigenvalue weighted by Crippen LogP contribution is 2.55. The lowest BCUT2D eigenvalue weighted by Crippen LogP contribution is -2.40. The maximum atomic E-state index is 16.1. The maximum Gasteiger partial charge on any atom is 0.325 e. The monoisotopic (exact) mass is 638 g/mol. The fourth-order valence-corrected chi connectivity index (χ4v) is 7.73. The highest BCUT2D eigenvalue weighted by Gasteiger charge is 2.57. The van der Waals surface area contributed by atoms with Gasteiger partial charge in [-0.1, -0.05) is 0 Å². The SMILES string of the molecule is CO[C@H]1[C@H](n2cnc3c(N)ncnc32)O[C@]2(C)COP(O)(=S)O[C@H]3[C@H](n4cnc5c(=O)[nH]c(N)nc54)OC(CC[C@@H]12)[C@@H]3F. The molecule has 4 aromatic rings. The van der Waals surface area contributed by atoms with Gasteiger partial charge in [0.25, 0.3) is 5.56 Å². The molecule has 0 radical (unpaired) electrons. The lowest BCUT2D eigenvalue weighted by molar-refractivity contribution is -0.108. The standard InChI is InChI=1S/C23H28FN10O7PS/c1-23-5-38-42(36,43)41-15-11(24)10(39-20(15)34-8-30-13-18(34)31-22(26)32-19(13)35)4-3-9(23)14(37-2)21(40-23)33-7-29-12-16(25)27-6-28-17(12)33/h6-11,14-15,20-21H,3-5H2,1-2H3,(H,36,43)(H2,25,27,28)(H3,26,31,32,35)/t9-,10?,11-,14+,15+,20+,21+,23+,42?/m0/s1. The van der Waals surface area contributed by atoms with Crippen LogP contribution in [-0.4, -0.2) is 87.7 Å². The van der Waals surface area contributed by atoms with Crippen LogP contribution >= 0.6 is 6.72 Å². The second-order valence-electron chi connectivity index (χ2n) is 10.9. The van der Waals surface area contributed by atoms with Gasteiger partial charge in [-0.2, -0.15) is 4.98 Å². The summed E-state index contributed by atoms with van der Waals surface area (Å²) < 4.78 is 49.4. The Balaban J connectivity index is 1.24. The average Bonchev–Trinajstić information content (AvgIpc) is 3.70. The van der Waals surface area contributed by atoms with Gasteiger partial charge in [0.2, 0.25) is 5.95 Å². The highest BCUT2D eigenvalue weighted by molar-refractivity contribution is 8.07. The second kappa shape index (κ2) is 10.2. The molecule has 7 heterocycles. The molecule has 0 aliphatic carbocycles. The van der Waals surface area contributed by atoms with Crippen LogP contribution in [0.4, 0.5) is 16.2 Å². The van der Waals surface area contributed by atoms with Gasteiger partial charge in [-0.15, -0.1) is 0 Å². The smallest absolute Gasteiger partial charge is 0.325 e. The Bertz CT molecular complexity index is 1820. The van der Waals surface area contributed by atoms with E-state index in [9.17, 15) is 9.69 Å². The van der Waals surface area contributed by atoms with Crippen LogP contribution in [0.25, 0.3) is 22.3 Å². The number of alkyl halides is 1. The van der Waals surface area contributed by atoms with E-state index >= 15 is 4.39 Å². The molecule has 0 aromatic carbocycles. The Hall–Kier alpha value is -3.16. The second-order valence-corrected chi connectivity index (χ2v) is 13.7. The lowest BCUT2D eigenvalue weighted by Gasteiger charge is -2.33. The molecule has 6 N–H and O–H groups in total. The molecule has 43 heavy (non-hydrogen) atoms. The van der Waals surface area contributed by atoms with Gasteiger partial charge < -0.3 is 35.1 Å². The number of imidazole rings is 2. The summed E-state index contributed by atoms with van der Waals surface area (Å²) in [5.74, 6) is -0.341. The number of H-pyrrole nitrogens is 1. The molecule has 3 saturated heterocycles. The van der Waals surface area contributed by atoms with Crippen LogP contribution in [0, 0.1) is 5.92 Å². The quantitative estimate of drug-likeness (QED) is 0.226. The van der Waals surface area contributed by atoms with Crippen molar-refractivity contribution in [3.8, 4) is 0 Å². The van der Waals surface area contributed by atoms with Crippen molar-refractivity contribution in [2.75, 3.05) is 25.2 Å². The molecule has 2 bridgehead atoms. The van der Waals surface area contributed by atoms with E-state index in [2.05, 4.69) is 29.9 Å². The van der Waals surface area contributed by atoms with Crippen molar-refractivity contribution in [3.05, 3.63) is 29.3 Å². The van der Waals surface area contributed by atoms with Crippen molar-refractivity contribution in [1.29, 1.82) is 0 Å². The van der Waals surface area contributed by atoms with Crippen molar-refractivity contribution < 1.29 is 32.5 Å². The number of nitrogens with one attached hydrogen (secondary N) is 1. The number of nitrogens with zero attached hydrogens (tertiary/aromatic N) is 7. The van der Waals surface area contributed by atoms with Crippen LogP contribution in [0.3, 0.4) is 0 Å². The minimum absolute atomic E-state index is 0.0249. The fourth-order valence-electron chi connectivity index (χ4n) is 6.27. The Morgan fingerprint density at radius 3 is 2.67 bits per heavy atom. The maximum absolute atomic E-state index is 16.1. The molecular formula is C23H28FN10O7PS. The number of anilines is 2. The van der Waals surface area contributed by atoms with Crippen molar-refractivity contribution in [2.45, 2.75) is 62.3 Å². The van der Waals surface area contributed by atoms with Crippen molar-refractivity contribution in [2.24, 2.45) is 5.92 Å². The van der Waals surface area contributed by atoms with Gasteiger partial charge >= 0.3 is 6.72 Å². The van der Waals surface area contributed by atoms with Gasteiger partial charge in [0.1, 0.15) is 24.1 Å². The highest BCUT2D eigenvalue weighted by atomic mass is 32.5. The molecule has 230 valence electrons. The first-order valence-corrected chi connectivity index (χ1v) is 15.9. The molecule has 0 saturated carbocycles. The van der Waals surface area contributed by atoms with Crippen LogP contribution in [0.2, 0.25) is 0 Å². The zero-order valence-electron chi connectivity index (χ0n) is 22.8. The molecule has 7 rings (SSSR count). The summed E-state index contributed by atoms with van der Waals surface area (Å²) in [6.45, 7) is -2.46. The van der Waals surface area contributed by atoms with E-state index in [1.165, 1.54) is 23.5 Å². The largest absolute Gasteiger partial charge is 0.382 e. The van der Waals surface area contributed by atoms with Gasteiger partial charge in [-0.3, -0.25) is 23.4 Å². The molecule has 3 aliphatic rings. The zero-order chi connectivity index (χ0) is 30.3. The summed E-state index contributed by atoms with van der Waals surface area (Å²) in [7, 11) is 1.54. The Morgan fingerprint density at radius 2 is 1.91 bits per heavy atom. The summed E-state index contributed by atoms with van der Waals surface area (Å²) in [5.41, 5.74) is 11.0. The molecule has 0 amide bonds. The number of aromatic amines is 1. The number of nitrogens with two attached hydrogens (primary N) is 2. The minimum Gasteiger partial charge on any atom is -0.382 e. The predicted octanol–water partition coefficient (Wildman–Crippen LogP) is 0.690. The number of aromatic nitrogens is 8. The number of halogens is 1. The topological polar surface area (TPSA) is 226 Å². The first kappa shape index (κ1) is 28.6. The van der Waals surface area contributed by atoms with Crippen LogP contribution in [-0.2, 0) is 35.1 Å². The van der Waals surface area contributed by atoms with Gasteiger partial charge in [0.05, 0.1) is 31.0 Å². The number of ether oxygens (including phenoxy) is 3. The summed E-state index contributed by atoms with van der Waals surface area (Å²) in [6.07, 6.45) is -1.92. The third-order valence-electron chi connectivity index (χ3n) is 8.31. The molecule has 17 nitrogen and oxygen atoms in total. The Kier molecular flexibility index (Phi) is 6.78. The first-order valence-electron chi connectivity index (χ1n) is 13.3. The van der Waals surface area contributed by atoms with Gasteiger partial charge in [-0.05, 0) is 31.6 Å². The van der Waals surface area contributed by atoms with Gasteiger partial charge in [0.15, 0.2) is 41.3 Å². The number of methoxy groups -OCH3 is 1. The average molecular weight is 639 g/mol. The molecule has 3 aliphatic heterocycles. The minimum atomic E-state index is -4.08. The third-order valence-corrected chi connectivity index (χ3v) is 9.85. The molecule has 9 atom stereocenters. The Morgan fingerprint density at radius 1 is 1.16 bits per heavy atom. The van der Waals surface area contributed by atoms with Crippen molar-refractivity contribution in [1.82, 2.24) is 39.0 Å². The number of hydrogen-bond acceptors (Lipinski definition) is 14. The van der Waals surface area contributed by atoms with E-state index in [1.807, 2.05) is 0 Å². The lowest BCUT2D eigenvalue weighted by atomic mass is 9.82. The molecule has 2 unspecified atom stereocenters. The van der Waals surface area contributed by atoms with Gasteiger partial charge in [-0.25, -0.2) is 24.3 Å². The summed E-state index contributed by atoms with van der Waals surface area (Å²) >= 11 is 5.33. The number of fused-ring (bicyclic) bond motifs is 5. The molecular weight excluding hydrogens is 610 g/mol. The van der Waals surface area contributed by atoms with Crippen LogP contribution in [0.1, 0.15) is 32.2 Å².